The molecule has 3 N–H and O–H groups in total. The topological polar surface area (TPSA) is 74.8 Å². The number of rotatable bonds is 7. The minimum absolute atomic E-state index is 0. The van der Waals surface area contributed by atoms with Gasteiger partial charge in [0, 0.05) is 12.7 Å². The Bertz CT molecular complexity index is 784. The molecule has 8 heteroatoms. The number of guanidine groups is 1. The number of amides is 1. The second kappa shape index (κ2) is 12.2. The van der Waals surface area contributed by atoms with Crippen LogP contribution in [0, 0.1) is 12.7 Å². The number of benzene rings is 2. The van der Waals surface area contributed by atoms with Crippen molar-refractivity contribution in [2.75, 3.05) is 25.5 Å². The molecule has 152 valence electrons. The molecule has 6 nitrogen and oxygen atoms in total. The number of nitrogens with zero attached hydrogens (tertiary/aromatic N) is 1. The average Bonchev–Trinajstić information content (AvgIpc) is 2.65. The first kappa shape index (κ1) is 23.7. The van der Waals surface area contributed by atoms with Gasteiger partial charge in [-0.3, -0.25) is 9.79 Å². The Balaban J connectivity index is 0.00000392. The molecule has 0 saturated carbocycles. The summed E-state index contributed by atoms with van der Waals surface area (Å²) in [6, 6.07) is 13.4. The summed E-state index contributed by atoms with van der Waals surface area (Å²) >= 11 is 0. The molecular weight excluding hydrogens is 474 g/mol. The van der Waals surface area contributed by atoms with Gasteiger partial charge >= 0.3 is 0 Å². The molecule has 2 aromatic carbocycles. The van der Waals surface area contributed by atoms with Gasteiger partial charge in [0.25, 0.3) is 0 Å². The summed E-state index contributed by atoms with van der Waals surface area (Å²) < 4.78 is 18.8. The molecule has 1 atom stereocenters. The van der Waals surface area contributed by atoms with Crippen molar-refractivity contribution >= 4 is 41.5 Å². The van der Waals surface area contributed by atoms with Crippen molar-refractivity contribution in [3.05, 3.63) is 59.9 Å². The van der Waals surface area contributed by atoms with Crippen LogP contribution < -0.4 is 20.7 Å². The normalized spacial score (nSPS) is 11.8. The highest BCUT2D eigenvalue weighted by atomic mass is 127. The zero-order valence-electron chi connectivity index (χ0n) is 16.2. The van der Waals surface area contributed by atoms with Gasteiger partial charge in [-0.15, -0.1) is 24.0 Å². The number of hydrogen-bond acceptors (Lipinski definition) is 3. The maximum atomic E-state index is 12.9. The minimum atomic E-state index is -0.349. The summed E-state index contributed by atoms with van der Waals surface area (Å²) in [5.41, 5.74) is 1.61. The largest absolute Gasteiger partial charge is 0.489 e. The average molecular weight is 500 g/mol. The lowest BCUT2D eigenvalue weighted by atomic mass is 10.2. The van der Waals surface area contributed by atoms with Crippen LogP contribution in [0.25, 0.3) is 0 Å². The number of carbonyl (C=O) groups excluding carboxylic acids is 1. The predicted molar refractivity (Wildman–Crippen MR) is 121 cm³/mol. The summed E-state index contributed by atoms with van der Waals surface area (Å²) in [4.78, 5) is 16.0. The van der Waals surface area contributed by atoms with Crippen LogP contribution in [0.3, 0.4) is 0 Å². The van der Waals surface area contributed by atoms with Crippen LogP contribution in [0.2, 0.25) is 0 Å². The maximum Gasteiger partial charge on any atom is 0.243 e. The molecule has 0 heterocycles. The predicted octanol–water partition coefficient (Wildman–Crippen LogP) is 3.32. The zero-order valence-corrected chi connectivity index (χ0v) is 18.5. The monoisotopic (exact) mass is 500 g/mol. The fourth-order valence-corrected chi connectivity index (χ4v) is 2.31. The molecule has 2 rings (SSSR count). The highest BCUT2D eigenvalue weighted by Crippen LogP contribution is 2.17. The third kappa shape index (κ3) is 8.12. The van der Waals surface area contributed by atoms with Crippen molar-refractivity contribution < 1.29 is 13.9 Å². The number of para-hydroxylation sites is 1. The van der Waals surface area contributed by atoms with Crippen molar-refractivity contribution in [3.63, 3.8) is 0 Å². The molecule has 0 bridgehead atoms. The van der Waals surface area contributed by atoms with E-state index in [0.717, 1.165) is 11.3 Å². The maximum absolute atomic E-state index is 12.9. The van der Waals surface area contributed by atoms with Crippen LogP contribution in [0.4, 0.5) is 10.1 Å². The number of aliphatic imine (C=N–C) groups is 1. The first-order valence-corrected chi connectivity index (χ1v) is 8.70. The van der Waals surface area contributed by atoms with Gasteiger partial charge in [0.15, 0.2) is 5.96 Å². The van der Waals surface area contributed by atoms with Crippen LogP contribution in [-0.2, 0) is 4.79 Å². The second-order valence-corrected chi connectivity index (χ2v) is 6.06. The van der Waals surface area contributed by atoms with E-state index < -0.39 is 0 Å². The molecule has 0 spiro atoms. The molecular formula is C20H26FIN4O2. The van der Waals surface area contributed by atoms with Gasteiger partial charge in [-0.05, 0) is 49.7 Å². The van der Waals surface area contributed by atoms with E-state index in [1.165, 1.54) is 24.3 Å². The molecule has 0 aromatic heterocycles. The third-order valence-electron chi connectivity index (χ3n) is 3.75. The van der Waals surface area contributed by atoms with Crippen LogP contribution in [0.5, 0.6) is 5.75 Å². The summed E-state index contributed by atoms with van der Waals surface area (Å²) in [6.07, 6.45) is -0.0855. The summed E-state index contributed by atoms with van der Waals surface area (Å²) in [6.45, 7) is 4.50. The third-order valence-corrected chi connectivity index (χ3v) is 3.75. The second-order valence-electron chi connectivity index (χ2n) is 6.06. The Morgan fingerprint density at radius 2 is 1.82 bits per heavy atom. The smallest absolute Gasteiger partial charge is 0.243 e. The van der Waals surface area contributed by atoms with E-state index >= 15 is 0 Å². The van der Waals surface area contributed by atoms with E-state index in [9.17, 15) is 9.18 Å². The number of halogens is 2. The lowest BCUT2D eigenvalue weighted by molar-refractivity contribution is -0.115. The van der Waals surface area contributed by atoms with Gasteiger partial charge in [-0.25, -0.2) is 4.39 Å². The number of nitrogens with one attached hydrogen (secondary N) is 3. The Labute approximate surface area is 182 Å². The van der Waals surface area contributed by atoms with Crippen LogP contribution in [-0.4, -0.2) is 38.1 Å². The van der Waals surface area contributed by atoms with Gasteiger partial charge < -0.3 is 20.7 Å². The van der Waals surface area contributed by atoms with E-state index in [0.29, 0.717) is 18.2 Å². The number of aryl methyl sites for hydroxylation is 1. The summed E-state index contributed by atoms with van der Waals surface area (Å²) in [5, 5.41) is 8.73. The quantitative estimate of drug-likeness (QED) is 0.310. The Morgan fingerprint density at radius 1 is 1.14 bits per heavy atom. The lowest BCUT2D eigenvalue weighted by Gasteiger charge is -2.18. The Morgan fingerprint density at radius 3 is 2.46 bits per heavy atom. The van der Waals surface area contributed by atoms with Gasteiger partial charge in [-0.1, -0.05) is 18.2 Å². The SMILES string of the molecule is CN=C(NCC(=O)Nc1ccc(F)cc1)NCC(C)Oc1ccccc1C.I. The minimum Gasteiger partial charge on any atom is -0.489 e. The van der Waals surface area contributed by atoms with Crippen molar-refractivity contribution in [2.24, 2.45) is 4.99 Å². The highest BCUT2D eigenvalue weighted by Gasteiger charge is 2.08. The summed E-state index contributed by atoms with van der Waals surface area (Å²) in [7, 11) is 1.63. The molecule has 28 heavy (non-hydrogen) atoms. The van der Waals surface area contributed by atoms with E-state index in [2.05, 4.69) is 20.9 Å². The standard InChI is InChI=1S/C20H25FN4O2.HI/c1-14-6-4-5-7-18(14)27-15(2)12-23-20(22-3)24-13-19(26)25-17-10-8-16(21)9-11-17;/h4-11,15H,12-13H2,1-3H3,(H,25,26)(H2,22,23,24);1H. The van der Waals surface area contributed by atoms with Gasteiger partial charge in [0.1, 0.15) is 17.7 Å². The van der Waals surface area contributed by atoms with Gasteiger partial charge in [-0.2, -0.15) is 0 Å². The van der Waals surface area contributed by atoms with Gasteiger partial charge in [0.2, 0.25) is 5.91 Å². The van der Waals surface area contributed by atoms with E-state index in [1.807, 2.05) is 38.1 Å². The molecule has 0 saturated heterocycles. The molecule has 0 aliphatic carbocycles. The molecule has 1 unspecified atom stereocenters. The Kier molecular flexibility index (Phi) is 10.3. The number of hydrogen-bond donors (Lipinski definition) is 3. The lowest BCUT2D eigenvalue weighted by Crippen LogP contribution is -2.44. The van der Waals surface area contributed by atoms with Crippen LogP contribution >= 0.6 is 24.0 Å². The van der Waals surface area contributed by atoms with Crippen LogP contribution in [0.15, 0.2) is 53.5 Å². The highest BCUT2D eigenvalue weighted by molar-refractivity contribution is 14.0. The Hall–Kier alpha value is -2.36. The first-order valence-electron chi connectivity index (χ1n) is 8.70. The van der Waals surface area contributed by atoms with Crippen molar-refractivity contribution in [3.8, 4) is 5.75 Å². The van der Waals surface area contributed by atoms with Crippen molar-refractivity contribution in [1.29, 1.82) is 0 Å². The molecule has 0 radical (unpaired) electrons. The van der Waals surface area contributed by atoms with Crippen LogP contribution in [0.1, 0.15) is 12.5 Å². The molecule has 2 aromatic rings. The van der Waals surface area contributed by atoms with E-state index in [1.54, 1.807) is 7.05 Å². The number of ether oxygens (including phenoxy) is 1. The van der Waals surface area contributed by atoms with Crippen molar-refractivity contribution in [1.82, 2.24) is 10.6 Å². The molecule has 0 aliphatic rings. The first-order chi connectivity index (χ1) is 13.0. The zero-order chi connectivity index (χ0) is 19.6. The van der Waals surface area contributed by atoms with E-state index in [-0.39, 0.29) is 48.3 Å². The number of anilines is 1. The van der Waals surface area contributed by atoms with E-state index in [4.69, 9.17) is 4.74 Å². The fraction of sp³-hybridized carbons (Fsp3) is 0.300. The number of carbonyl (C=O) groups is 1. The molecule has 1 amide bonds. The molecule has 0 fully saturated rings. The van der Waals surface area contributed by atoms with Gasteiger partial charge in [0.05, 0.1) is 13.1 Å². The van der Waals surface area contributed by atoms with Crippen molar-refractivity contribution in [2.45, 2.75) is 20.0 Å². The summed E-state index contributed by atoms with van der Waals surface area (Å²) in [5.74, 6) is 0.726. The fourth-order valence-electron chi connectivity index (χ4n) is 2.31. The molecule has 0 aliphatic heterocycles.